The Morgan fingerprint density at radius 2 is 1.87 bits per heavy atom. The predicted molar refractivity (Wildman–Crippen MR) is 153 cm³/mol. The predicted octanol–water partition coefficient (Wildman–Crippen LogP) is 5.80. The number of ether oxygens (including phenoxy) is 1. The first kappa shape index (κ1) is 30.2. The van der Waals surface area contributed by atoms with Crippen molar-refractivity contribution in [3.63, 3.8) is 0 Å². The van der Waals surface area contributed by atoms with Crippen LogP contribution in [0.25, 0.3) is 16.9 Å². The highest BCUT2D eigenvalue weighted by Gasteiger charge is 2.52. The number of nitrogens with zero attached hydrogens (tertiary/aromatic N) is 8. The Kier molecular flexibility index (Phi) is 7.26. The maximum atomic E-state index is 14.7. The minimum atomic E-state index is -4.85. The van der Waals surface area contributed by atoms with Gasteiger partial charge in [0.15, 0.2) is 11.5 Å². The third kappa shape index (κ3) is 5.30. The van der Waals surface area contributed by atoms with Crippen LogP contribution in [0.1, 0.15) is 62.5 Å². The highest BCUT2D eigenvalue weighted by Crippen LogP contribution is 2.51. The maximum Gasteiger partial charge on any atom is 0.419 e. The SMILES string of the molecule is Cc1nc2c(N3C[C@@H](C)N(C(c4ccc(C(F)(F)F)c(F)c4)C4CC(F)(F)C4)C[C@@H]3C)nc3nncn3c2n1CC1CCCO1. The number of alkyl halides is 5. The van der Waals surface area contributed by atoms with E-state index >= 15 is 0 Å². The van der Waals surface area contributed by atoms with E-state index in [0.717, 1.165) is 37.0 Å². The van der Waals surface area contributed by atoms with Crippen LogP contribution in [0, 0.1) is 18.7 Å². The Labute approximate surface area is 255 Å². The van der Waals surface area contributed by atoms with Gasteiger partial charge in [0.05, 0.1) is 18.2 Å². The Morgan fingerprint density at radius 1 is 1.09 bits per heavy atom. The van der Waals surface area contributed by atoms with Gasteiger partial charge < -0.3 is 14.2 Å². The van der Waals surface area contributed by atoms with Crippen molar-refractivity contribution in [3.8, 4) is 0 Å². The molecule has 7 rings (SSSR count). The molecule has 2 saturated heterocycles. The van der Waals surface area contributed by atoms with Gasteiger partial charge in [-0.3, -0.25) is 4.90 Å². The second-order valence-electron chi connectivity index (χ2n) is 12.8. The van der Waals surface area contributed by atoms with Gasteiger partial charge >= 0.3 is 6.18 Å². The number of aryl methyl sites for hydroxylation is 1. The molecule has 0 bridgehead atoms. The number of benzene rings is 1. The monoisotopic (exact) mass is 636 g/mol. The summed E-state index contributed by atoms with van der Waals surface area (Å²) in [5, 5.41) is 8.31. The molecule has 2 aliphatic heterocycles. The summed E-state index contributed by atoms with van der Waals surface area (Å²) in [5.74, 6) is -2.98. The smallest absolute Gasteiger partial charge is 0.376 e. The Bertz CT molecular complexity index is 1720. The Hall–Kier alpha value is -3.46. The normalized spacial score (nSPS) is 25.4. The van der Waals surface area contributed by atoms with Crippen LogP contribution in [0.4, 0.5) is 32.2 Å². The molecule has 1 aliphatic carbocycles. The molecule has 0 spiro atoms. The van der Waals surface area contributed by atoms with Crippen LogP contribution in [0.2, 0.25) is 0 Å². The van der Waals surface area contributed by atoms with E-state index in [0.29, 0.717) is 42.8 Å². The van der Waals surface area contributed by atoms with E-state index in [2.05, 4.69) is 19.7 Å². The number of fused-ring (bicyclic) bond motifs is 3. The molecule has 0 radical (unpaired) electrons. The minimum Gasteiger partial charge on any atom is -0.376 e. The lowest BCUT2D eigenvalue weighted by Gasteiger charge is -2.52. The molecular weight excluding hydrogens is 602 g/mol. The van der Waals surface area contributed by atoms with E-state index in [-0.39, 0.29) is 23.8 Å². The number of piperazine rings is 1. The highest BCUT2D eigenvalue weighted by molar-refractivity contribution is 5.87. The lowest BCUT2D eigenvalue weighted by Crippen LogP contribution is -2.59. The number of aromatic nitrogens is 6. The third-order valence-corrected chi connectivity index (χ3v) is 9.59. The molecule has 242 valence electrons. The van der Waals surface area contributed by atoms with Crippen LogP contribution in [0.3, 0.4) is 0 Å². The fraction of sp³-hybridized carbons (Fsp3) is 0.600. The van der Waals surface area contributed by atoms with Crippen molar-refractivity contribution in [1.29, 1.82) is 0 Å². The molecule has 3 aromatic heterocycles. The van der Waals surface area contributed by atoms with Gasteiger partial charge in [-0.1, -0.05) is 6.07 Å². The van der Waals surface area contributed by atoms with Crippen molar-refractivity contribution in [2.24, 2.45) is 5.92 Å². The maximum absolute atomic E-state index is 14.7. The average Bonchev–Trinajstić information content (AvgIpc) is 3.70. The summed E-state index contributed by atoms with van der Waals surface area (Å²) < 4.78 is 92.8. The molecule has 5 heterocycles. The van der Waals surface area contributed by atoms with Crippen LogP contribution < -0.4 is 4.90 Å². The van der Waals surface area contributed by atoms with Crippen LogP contribution >= 0.6 is 0 Å². The lowest BCUT2D eigenvalue weighted by atomic mass is 9.73. The van der Waals surface area contributed by atoms with Gasteiger partial charge in [-0.2, -0.15) is 18.2 Å². The van der Waals surface area contributed by atoms with Gasteiger partial charge in [0.2, 0.25) is 5.92 Å². The van der Waals surface area contributed by atoms with E-state index in [1.54, 1.807) is 6.33 Å². The summed E-state index contributed by atoms with van der Waals surface area (Å²) in [5.41, 5.74) is 0.362. The fourth-order valence-electron chi connectivity index (χ4n) is 7.41. The lowest BCUT2D eigenvalue weighted by molar-refractivity contribution is -0.140. The van der Waals surface area contributed by atoms with Gasteiger partial charge in [-0.15, -0.1) is 10.2 Å². The van der Waals surface area contributed by atoms with Crippen molar-refractivity contribution < 1.29 is 31.1 Å². The number of anilines is 1. The third-order valence-electron chi connectivity index (χ3n) is 9.59. The molecule has 2 unspecified atom stereocenters. The topological polar surface area (TPSA) is 76.6 Å². The molecule has 4 aromatic rings. The molecule has 3 fully saturated rings. The first-order valence-electron chi connectivity index (χ1n) is 15.3. The van der Waals surface area contributed by atoms with Crippen LogP contribution in [-0.2, 0) is 17.5 Å². The van der Waals surface area contributed by atoms with Gasteiger partial charge in [0, 0.05) is 50.7 Å². The first-order chi connectivity index (χ1) is 21.3. The first-order valence-corrected chi connectivity index (χ1v) is 15.3. The molecule has 3 aliphatic rings. The summed E-state index contributed by atoms with van der Waals surface area (Å²) in [6.07, 6.45) is -2.04. The Morgan fingerprint density at radius 3 is 2.53 bits per heavy atom. The van der Waals surface area contributed by atoms with Crippen molar-refractivity contribution >= 4 is 22.8 Å². The van der Waals surface area contributed by atoms with Gasteiger partial charge in [-0.05, 0) is 57.2 Å². The average molecular weight is 637 g/mol. The van der Waals surface area contributed by atoms with Crippen molar-refractivity contribution in [2.45, 2.75) is 89.3 Å². The minimum absolute atomic E-state index is 0.0672. The number of imidazole rings is 1. The zero-order chi connectivity index (χ0) is 31.8. The van der Waals surface area contributed by atoms with Gasteiger partial charge in [0.1, 0.15) is 23.5 Å². The van der Waals surface area contributed by atoms with E-state index in [1.807, 2.05) is 30.1 Å². The molecule has 0 amide bonds. The van der Waals surface area contributed by atoms with Crippen LogP contribution in [0.5, 0.6) is 0 Å². The molecule has 0 N–H and O–H groups in total. The number of halogens is 6. The van der Waals surface area contributed by atoms with Gasteiger partial charge in [-0.25, -0.2) is 22.6 Å². The van der Waals surface area contributed by atoms with Crippen molar-refractivity contribution in [2.75, 3.05) is 24.6 Å². The zero-order valence-electron chi connectivity index (χ0n) is 25.1. The molecule has 9 nitrogen and oxygen atoms in total. The summed E-state index contributed by atoms with van der Waals surface area (Å²) >= 11 is 0. The molecule has 4 atom stereocenters. The molecular formula is C30H34F6N8O. The molecule has 45 heavy (non-hydrogen) atoms. The summed E-state index contributed by atoms with van der Waals surface area (Å²) in [6.45, 7) is 8.01. The summed E-state index contributed by atoms with van der Waals surface area (Å²) in [4.78, 5) is 13.9. The number of hydrogen-bond donors (Lipinski definition) is 0. The van der Waals surface area contributed by atoms with Crippen LogP contribution in [0.15, 0.2) is 24.5 Å². The summed E-state index contributed by atoms with van der Waals surface area (Å²) in [6, 6.07) is 1.68. The fourth-order valence-corrected chi connectivity index (χ4v) is 7.41. The van der Waals surface area contributed by atoms with Crippen molar-refractivity contribution in [3.05, 3.63) is 47.3 Å². The van der Waals surface area contributed by atoms with E-state index in [9.17, 15) is 26.3 Å². The van der Waals surface area contributed by atoms with E-state index < -0.39 is 48.3 Å². The largest absolute Gasteiger partial charge is 0.419 e. The molecule has 1 aromatic carbocycles. The second-order valence-corrected chi connectivity index (χ2v) is 12.8. The number of rotatable bonds is 6. The second kappa shape index (κ2) is 10.8. The highest BCUT2D eigenvalue weighted by atomic mass is 19.4. The van der Waals surface area contributed by atoms with Crippen molar-refractivity contribution in [1.82, 2.24) is 34.0 Å². The summed E-state index contributed by atoms with van der Waals surface area (Å²) in [7, 11) is 0. The zero-order valence-corrected chi connectivity index (χ0v) is 25.1. The van der Waals surface area contributed by atoms with E-state index in [1.165, 1.54) is 6.07 Å². The standard InChI is InChI=1S/C30H34F6N8O/c1-16-13-42(26-24-27(44-15-37-40-28(44)39-26)43(18(3)38-24)14-21-5-4-8-45-21)17(2)12-41(16)25(20-10-29(32,33)11-20)19-6-7-22(23(31)9-19)30(34,35)36/h6-7,9,15-17,20-21,25H,4-5,8,10-14H2,1-3H3/t16-,17+,21?,25?/m1/s1. The van der Waals surface area contributed by atoms with Gasteiger partial charge in [0.25, 0.3) is 5.78 Å². The quantitative estimate of drug-likeness (QED) is 0.248. The number of hydrogen-bond acceptors (Lipinski definition) is 7. The van der Waals surface area contributed by atoms with Crippen LogP contribution in [-0.4, -0.2) is 77.8 Å². The molecule has 15 heteroatoms. The molecule has 1 saturated carbocycles. The van der Waals surface area contributed by atoms with E-state index in [4.69, 9.17) is 14.7 Å². The Balaban J connectivity index is 1.23.